The summed E-state index contributed by atoms with van der Waals surface area (Å²) in [4.78, 5) is 10.5. The van der Waals surface area contributed by atoms with Crippen molar-refractivity contribution in [2.24, 2.45) is 0 Å². The van der Waals surface area contributed by atoms with Gasteiger partial charge in [-0.25, -0.2) is 17.6 Å². The summed E-state index contributed by atoms with van der Waals surface area (Å²) in [7, 11) is -4.02. The molecule has 0 unspecified atom stereocenters. The number of halogens is 2. The molecule has 0 saturated carbocycles. The van der Waals surface area contributed by atoms with Crippen molar-refractivity contribution in [3.8, 4) is 0 Å². The number of aromatic carboxylic acids is 1. The number of benzene rings is 2. The molecular weight excluding hydrogens is 321 g/mol. The van der Waals surface area contributed by atoms with E-state index in [4.69, 9.17) is 16.7 Å². The lowest BCUT2D eigenvalue weighted by molar-refractivity contribution is 0.0691. The Kier molecular flexibility index (Phi) is 4.15. The molecular formula is C13H9ClFNO4S. The Balaban J connectivity index is 2.38. The van der Waals surface area contributed by atoms with Crippen molar-refractivity contribution in [2.45, 2.75) is 4.90 Å². The fourth-order valence-corrected chi connectivity index (χ4v) is 2.78. The van der Waals surface area contributed by atoms with Crippen LogP contribution in [0.2, 0.25) is 5.02 Å². The number of sulfonamides is 1. The molecule has 0 heterocycles. The van der Waals surface area contributed by atoms with Gasteiger partial charge in [0.2, 0.25) is 0 Å². The number of anilines is 1. The number of carbonyl (C=O) groups is 1. The highest BCUT2D eigenvalue weighted by atomic mass is 35.5. The SMILES string of the molecule is O=C(O)c1cc(S(=O)(=O)Nc2ccc(Cl)cc2)ccc1F. The first-order valence-corrected chi connectivity index (χ1v) is 7.47. The van der Waals surface area contributed by atoms with Crippen LogP contribution in [0.25, 0.3) is 0 Å². The zero-order valence-electron chi connectivity index (χ0n) is 10.4. The van der Waals surface area contributed by atoms with E-state index >= 15 is 0 Å². The van der Waals surface area contributed by atoms with Gasteiger partial charge in [-0.1, -0.05) is 11.6 Å². The van der Waals surface area contributed by atoms with Crippen LogP contribution in [0, 0.1) is 5.82 Å². The molecule has 8 heteroatoms. The fraction of sp³-hybridized carbons (Fsp3) is 0. The molecule has 2 N–H and O–H groups in total. The average Bonchev–Trinajstić information content (AvgIpc) is 2.41. The van der Waals surface area contributed by atoms with Gasteiger partial charge >= 0.3 is 5.97 Å². The second kappa shape index (κ2) is 5.71. The van der Waals surface area contributed by atoms with Crippen molar-refractivity contribution in [3.05, 3.63) is 58.9 Å². The number of hydrogen-bond donors (Lipinski definition) is 2. The smallest absolute Gasteiger partial charge is 0.338 e. The van der Waals surface area contributed by atoms with Gasteiger partial charge in [0, 0.05) is 10.7 Å². The minimum absolute atomic E-state index is 0.251. The Hall–Kier alpha value is -2.12. The van der Waals surface area contributed by atoms with E-state index in [1.165, 1.54) is 24.3 Å². The van der Waals surface area contributed by atoms with Crippen molar-refractivity contribution in [1.29, 1.82) is 0 Å². The fourth-order valence-electron chi connectivity index (χ4n) is 1.57. The number of nitrogens with one attached hydrogen (secondary N) is 1. The summed E-state index contributed by atoms with van der Waals surface area (Å²) in [5, 5.41) is 9.24. The van der Waals surface area contributed by atoms with E-state index in [0.717, 1.165) is 18.2 Å². The molecule has 110 valence electrons. The Bertz CT molecular complexity index is 790. The van der Waals surface area contributed by atoms with E-state index in [-0.39, 0.29) is 10.6 Å². The summed E-state index contributed by atoms with van der Waals surface area (Å²) in [5.74, 6) is -2.55. The monoisotopic (exact) mass is 329 g/mol. The van der Waals surface area contributed by atoms with Crippen molar-refractivity contribution < 1.29 is 22.7 Å². The van der Waals surface area contributed by atoms with E-state index in [1.807, 2.05) is 0 Å². The van der Waals surface area contributed by atoms with Gasteiger partial charge in [-0.2, -0.15) is 0 Å². The van der Waals surface area contributed by atoms with Crippen LogP contribution in [0.4, 0.5) is 10.1 Å². The molecule has 0 aromatic heterocycles. The normalized spacial score (nSPS) is 11.1. The zero-order valence-corrected chi connectivity index (χ0v) is 12.0. The number of hydrogen-bond acceptors (Lipinski definition) is 3. The standard InChI is InChI=1S/C13H9ClFNO4S/c14-8-1-3-9(4-2-8)16-21(19,20)10-5-6-12(15)11(7-10)13(17)18/h1-7,16H,(H,17,18). The van der Waals surface area contributed by atoms with Crippen molar-refractivity contribution in [3.63, 3.8) is 0 Å². The quantitative estimate of drug-likeness (QED) is 0.903. The van der Waals surface area contributed by atoms with Crippen molar-refractivity contribution in [2.75, 3.05) is 4.72 Å². The van der Waals surface area contributed by atoms with Crippen LogP contribution >= 0.6 is 11.6 Å². The van der Waals surface area contributed by atoms with E-state index in [9.17, 15) is 17.6 Å². The molecule has 0 aliphatic carbocycles. The summed E-state index contributed by atoms with van der Waals surface area (Å²) in [6, 6.07) is 8.42. The molecule has 2 rings (SSSR count). The third-order valence-corrected chi connectivity index (χ3v) is 4.21. The van der Waals surface area contributed by atoms with Crippen LogP contribution in [0.1, 0.15) is 10.4 Å². The lowest BCUT2D eigenvalue weighted by Crippen LogP contribution is -2.14. The highest BCUT2D eigenvalue weighted by molar-refractivity contribution is 7.92. The molecule has 0 bridgehead atoms. The average molecular weight is 330 g/mol. The Morgan fingerprint density at radius 1 is 1.14 bits per heavy atom. The Morgan fingerprint density at radius 2 is 1.76 bits per heavy atom. The molecule has 0 atom stereocenters. The van der Waals surface area contributed by atoms with E-state index in [1.54, 1.807) is 0 Å². The maximum absolute atomic E-state index is 13.3. The second-order valence-electron chi connectivity index (χ2n) is 4.06. The molecule has 21 heavy (non-hydrogen) atoms. The summed E-state index contributed by atoms with van der Waals surface area (Å²) < 4.78 is 39.7. The first-order valence-electron chi connectivity index (χ1n) is 5.61. The molecule has 2 aromatic carbocycles. The topological polar surface area (TPSA) is 83.5 Å². The summed E-state index contributed by atoms with van der Waals surface area (Å²) in [6.45, 7) is 0. The van der Waals surface area contributed by atoms with E-state index < -0.39 is 27.4 Å². The van der Waals surface area contributed by atoms with Gasteiger partial charge in [-0.15, -0.1) is 0 Å². The molecule has 0 aliphatic rings. The van der Waals surface area contributed by atoms with Crippen LogP contribution in [0.3, 0.4) is 0 Å². The van der Waals surface area contributed by atoms with Gasteiger partial charge in [0.25, 0.3) is 10.0 Å². The van der Waals surface area contributed by atoms with Crippen LogP contribution in [0.15, 0.2) is 47.4 Å². The lowest BCUT2D eigenvalue weighted by Gasteiger charge is -2.09. The Labute approximate surface area is 125 Å². The lowest BCUT2D eigenvalue weighted by atomic mass is 10.2. The summed E-state index contributed by atoms with van der Waals surface area (Å²) >= 11 is 5.69. The number of rotatable bonds is 4. The zero-order chi connectivity index (χ0) is 15.6. The van der Waals surface area contributed by atoms with E-state index in [0.29, 0.717) is 5.02 Å². The maximum atomic E-state index is 13.3. The third kappa shape index (κ3) is 3.50. The van der Waals surface area contributed by atoms with Crippen LogP contribution < -0.4 is 4.72 Å². The van der Waals surface area contributed by atoms with Gasteiger partial charge in [0.05, 0.1) is 10.5 Å². The Morgan fingerprint density at radius 3 is 2.33 bits per heavy atom. The van der Waals surface area contributed by atoms with Crippen molar-refractivity contribution in [1.82, 2.24) is 0 Å². The molecule has 5 nitrogen and oxygen atoms in total. The minimum Gasteiger partial charge on any atom is -0.478 e. The molecule has 0 fully saturated rings. The number of carboxylic acid groups (broad SMARTS) is 1. The molecule has 0 aliphatic heterocycles. The van der Waals surface area contributed by atoms with Gasteiger partial charge in [-0.3, -0.25) is 4.72 Å². The summed E-state index contributed by atoms with van der Waals surface area (Å²) in [5.41, 5.74) is -0.463. The van der Waals surface area contributed by atoms with Crippen LogP contribution in [0.5, 0.6) is 0 Å². The second-order valence-corrected chi connectivity index (χ2v) is 6.18. The molecule has 0 spiro atoms. The van der Waals surface area contributed by atoms with Crippen LogP contribution in [-0.4, -0.2) is 19.5 Å². The molecule has 0 amide bonds. The predicted octanol–water partition coefficient (Wildman–Crippen LogP) is 2.98. The predicted molar refractivity (Wildman–Crippen MR) is 75.6 cm³/mol. The van der Waals surface area contributed by atoms with Crippen LogP contribution in [-0.2, 0) is 10.0 Å². The van der Waals surface area contributed by atoms with Gasteiger partial charge in [0.15, 0.2) is 0 Å². The highest BCUT2D eigenvalue weighted by Gasteiger charge is 2.19. The van der Waals surface area contributed by atoms with Gasteiger partial charge in [-0.05, 0) is 42.5 Å². The minimum atomic E-state index is -4.02. The first-order chi connectivity index (χ1) is 9.79. The third-order valence-electron chi connectivity index (χ3n) is 2.57. The van der Waals surface area contributed by atoms with Gasteiger partial charge in [0.1, 0.15) is 5.82 Å². The first kappa shape index (κ1) is 15.3. The molecule has 2 aromatic rings. The highest BCUT2D eigenvalue weighted by Crippen LogP contribution is 2.20. The maximum Gasteiger partial charge on any atom is 0.338 e. The summed E-state index contributed by atoms with van der Waals surface area (Å²) in [6.07, 6.45) is 0. The largest absolute Gasteiger partial charge is 0.478 e. The van der Waals surface area contributed by atoms with Crippen molar-refractivity contribution >= 4 is 33.3 Å². The number of carboxylic acids is 1. The van der Waals surface area contributed by atoms with E-state index in [2.05, 4.69) is 4.72 Å². The molecule has 0 saturated heterocycles. The molecule has 0 radical (unpaired) electrons. The van der Waals surface area contributed by atoms with Gasteiger partial charge < -0.3 is 5.11 Å².